The first-order valence-electron chi connectivity index (χ1n) is 2.35. The van der Waals surface area contributed by atoms with Crippen molar-refractivity contribution < 1.29 is 4.79 Å². The highest BCUT2D eigenvalue weighted by atomic mass is 79.9. The van der Waals surface area contributed by atoms with Crippen LogP contribution in [-0.2, 0) is 4.79 Å². The zero-order chi connectivity index (χ0) is 7.02. The quantitative estimate of drug-likeness (QED) is 0.530. The lowest BCUT2D eigenvalue weighted by atomic mass is 10.4. The Morgan fingerprint density at radius 3 is 2.00 bits per heavy atom. The molecule has 1 rings (SSSR count). The largest absolute Gasteiger partial charge is 0.341 e. The second kappa shape index (κ2) is 2.88. The topological polar surface area (TPSA) is 29.1 Å². The molecule has 0 spiro atoms. The zero-order valence-electron chi connectivity index (χ0n) is 4.27. The summed E-state index contributed by atoms with van der Waals surface area (Å²) in [6.45, 7) is 0. The van der Waals surface area contributed by atoms with Crippen LogP contribution in [0.25, 0.3) is 0 Å². The summed E-state index contributed by atoms with van der Waals surface area (Å²) in [7, 11) is 0. The Hall–Kier alpha value is 0.910. The Balaban J connectivity index is 2.65. The fourth-order valence-corrected chi connectivity index (χ4v) is 2.34. The molecule has 1 aliphatic heterocycles. The first kappa shape index (κ1) is 8.01. The molecule has 1 amide bonds. The number of carbonyl (C=O) groups is 1. The molecule has 1 aliphatic rings. The lowest BCUT2D eigenvalue weighted by molar-refractivity contribution is -0.118. The maximum atomic E-state index is 10.8. The van der Waals surface area contributed by atoms with Gasteiger partial charge in [0, 0.05) is 0 Å². The van der Waals surface area contributed by atoms with Crippen LogP contribution < -0.4 is 5.32 Å². The van der Waals surface area contributed by atoms with Gasteiger partial charge in [-0.05, 0) is 0 Å². The van der Waals surface area contributed by atoms with Gasteiger partial charge in [-0.2, -0.15) is 0 Å². The molecule has 9 heavy (non-hydrogen) atoms. The Bertz CT molecular complexity index is 140. The Labute approximate surface area is 78.1 Å². The van der Waals surface area contributed by atoms with E-state index in [0.29, 0.717) is 0 Å². The van der Waals surface area contributed by atoms with Crippen LogP contribution in [0.2, 0.25) is 0 Å². The predicted molar refractivity (Wildman–Crippen MR) is 46.3 cm³/mol. The first-order chi connectivity index (χ1) is 4.13. The molecule has 0 saturated carbocycles. The van der Waals surface area contributed by atoms with E-state index in [0.717, 1.165) is 0 Å². The summed E-state index contributed by atoms with van der Waals surface area (Å²) in [4.78, 5) is 10.9. The average Bonchev–Trinajstić information content (AvgIpc) is 1.98. The van der Waals surface area contributed by atoms with Crippen LogP contribution in [0, 0.1) is 0 Å². The van der Waals surface area contributed by atoms with Crippen LogP contribution in [0.3, 0.4) is 0 Å². The standard InChI is InChI=1S/C4H4Br3NO/c5-1-2(6)4(9)8-3(1)7/h1-3H,(H,8,9). The maximum Gasteiger partial charge on any atom is 0.235 e. The summed E-state index contributed by atoms with van der Waals surface area (Å²) in [5.41, 5.74) is 0. The van der Waals surface area contributed by atoms with Crippen molar-refractivity contribution in [2.24, 2.45) is 0 Å². The summed E-state index contributed by atoms with van der Waals surface area (Å²) in [6.07, 6.45) is 0. The van der Waals surface area contributed by atoms with E-state index in [1.54, 1.807) is 0 Å². The average molecular weight is 322 g/mol. The molecule has 5 heteroatoms. The van der Waals surface area contributed by atoms with Crippen molar-refractivity contribution in [1.29, 1.82) is 0 Å². The molecule has 1 saturated heterocycles. The number of halogens is 3. The van der Waals surface area contributed by atoms with Crippen molar-refractivity contribution in [3.05, 3.63) is 0 Å². The first-order valence-corrected chi connectivity index (χ1v) is 5.10. The molecule has 0 aromatic rings. The number of alkyl halides is 3. The van der Waals surface area contributed by atoms with Gasteiger partial charge in [0.25, 0.3) is 0 Å². The third-order valence-corrected chi connectivity index (χ3v) is 5.35. The van der Waals surface area contributed by atoms with Crippen LogP contribution >= 0.6 is 47.8 Å². The predicted octanol–water partition coefficient (Wildman–Crippen LogP) is 1.36. The molecule has 0 radical (unpaired) electrons. The summed E-state index contributed by atoms with van der Waals surface area (Å²) >= 11 is 9.83. The molecule has 52 valence electrons. The van der Waals surface area contributed by atoms with E-state index in [1.165, 1.54) is 0 Å². The van der Waals surface area contributed by atoms with E-state index in [4.69, 9.17) is 0 Å². The minimum atomic E-state index is -0.109. The van der Waals surface area contributed by atoms with Crippen molar-refractivity contribution in [2.75, 3.05) is 0 Å². The highest BCUT2D eigenvalue weighted by Crippen LogP contribution is 2.26. The smallest absolute Gasteiger partial charge is 0.235 e. The zero-order valence-corrected chi connectivity index (χ0v) is 9.03. The summed E-state index contributed by atoms with van der Waals surface area (Å²) in [5, 5.41) is 2.70. The highest BCUT2D eigenvalue weighted by molar-refractivity contribution is 9.14. The van der Waals surface area contributed by atoms with Crippen molar-refractivity contribution >= 4 is 53.7 Å². The Morgan fingerprint density at radius 1 is 1.33 bits per heavy atom. The molecule has 0 bridgehead atoms. The van der Waals surface area contributed by atoms with Gasteiger partial charge in [-0.3, -0.25) is 4.79 Å². The minimum Gasteiger partial charge on any atom is -0.341 e. The molecular weight excluding hydrogens is 318 g/mol. The molecule has 1 fully saturated rings. The van der Waals surface area contributed by atoms with E-state index in [9.17, 15) is 4.79 Å². The van der Waals surface area contributed by atoms with Crippen LogP contribution in [0.15, 0.2) is 0 Å². The minimum absolute atomic E-state index is 0.0266. The van der Waals surface area contributed by atoms with Crippen molar-refractivity contribution in [1.82, 2.24) is 5.32 Å². The summed E-state index contributed by atoms with van der Waals surface area (Å²) < 4.78 is 0. The van der Waals surface area contributed by atoms with Crippen molar-refractivity contribution in [3.63, 3.8) is 0 Å². The van der Waals surface area contributed by atoms with Gasteiger partial charge in [0.2, 0.25) is 5.91 Å². The lowest BCUT2D eigenvalue weighted by Gasteiger charge is -2.03. The highest BCUT2D eigenvalue weighted by Gasteiger charge is 2.37. The molecular formula is C4H4Br3NO. The van der Waals surface area contributed by atoms with Gasteiger partial charge >= 0.3 is 0 Å². The maximum absolute atomic E-state index is 10.8. The van der Waals surface area contributed by atoms with Crippen molar-refractivity contribution in [3.8, 4) is 0 Å². The van der Waals surface area contributed by atoms with Gasteiger partial charge in [0.05, 0.1) is 9.78 Å². The SMILES string of the molecule is O=C1NC(Br)C(Br)C1Br. The van der Waals surface area contributed by atoms with E-state index in [-0.39, 0.29) is 20.5 Å². The van der Waals surface area contributed by atoms with Crippen LogP contribution in [0.4, 0.5) is 0 Å². The number of amides is 1. The van der Waals surface area contributed by atoms with Gasteiger partial charge < -0.3 is 5.32 Å². The van der Waals surface area contributed by atoms with Gasteiger partial charge in [-0.15, -0.1) is 0 Å². The molecule has 0 aromatic carbocycles. The lowest BCUT2D eigenvalue weighted by Crippen LogP contribution is -2.22. The molecule has 1 N–H and O–H groups in total. The normalized spacial score (nSPS) is 43.0. The number of nitrogens with one attached hydrogen (secondary N) is 1. The fourth-order valence-electron chi connectivity index (χ4n) is 0.588. The van der Waals surface area contributed by atoms with E-state index in [1.807, 2.05) is 0 Å². The molecule has 2 nitrogen and oxygen atoms in total. The summed E-state index contributed by atoms with van der Waals surface area (Å²) in [5.74, 6) is 0.0266. The monoisotopic (exact) mass is 319 g/mol. The van der Waals surface area contributed by atoms with E-state index >= 15 is 0 Å². The number of carbonyl (C=O) groups excluding carboxylic acids is 1. The van der Waals surface area contributed by atoms with Gasteiger partial charge in [-0.25, -0.2) is 0 Å². The van der Waals surface area contributed by atoms with Crippen LogP contribution in [0.5, 0.6) is 0 Å². The van der Waals surface area contributed by atoms with E-state index < -0.39 is 0 Å². The van der Waals surface area contributed by atoms with Gasteiger partial charge in [0.1, 0.15) is 4.83 Å². The Kier molecular flexibility index (Phi) is 2.56. The number of rotatable bonds is 0. The molecule has 3 atom stereocenters. The van der Waals surface area contributed by atoms with Crippen LogP contribution in [0.1, 0.15) is 0 Å². The molecule has 0 aliphatic carbocycles. The molecule has 0 aromatic heterocycles. The van der Waals surface area contributed by atoms with E-state index in [2.05, 4.69) is 53.1 Å². The number of hydrogen-bond donors (Lipinski definition) is 1. The second-order valence-corrected chi connectivity index (χ2v) is 4.79. The van der Waals surface area contributed by atoms with Crippen molar-refractivity contribution in [2.45, 2.75) is 14.6 Å². The van der Waals surface area contributed by atoms with Gasteiger partial charge in [-0.1, -0.05) is 47.8 Å². The Morgan fingerprint density at radius 2 is 1.89 bits per heavy atom. The fraction of sp³-hybridized carbons (Fsp3) is 0.750. The van der Waals surface area contributed by atoms with Crippen LogP contribution in [-0.4, -0.2) is 20.5 Å². The third-order valence-electron chi connectivity index (χ3n) is 1.09. The number of hydrogen-bond acceptors (Lipinski definition) is 1. The summed E-state index contributed by atoms with van der Waals surface area (Å²) in [6, 6.07) is 0. The molecule has 1 heterocycles. The van der Waals surface area contributed by atoms with Gasteiger partial charge in [0.15, 0.2) is 0 Å². The molecule has 3 unspecified atom stereocenters. The third kappa shape index (κ3) is 1.49. The second-order valence-electron chi connectivity index (χ2n) is 1.76.